The summed E-state index contributed by atoms with van der Waals surface area (Å²) >= 11 is 3.22. The van der Waals surface area contributed by atoms with Gasteiger partial charge in [0, 0.05) is 0 Å². The molecule has 0 unspecified atom stereocenters. The number of thiazole rings is 1. The third-order valence-corrected chi connectivity index (χ3v) is 3.91. The van der Waals surface area contributed by atoms with Crippen molar-refractivity contribution in [3.63, 3.8) is 0 Å². The van der Waals surface area contributed by atoms with E-state index in [0.29, 0.717) is 0 Å². The van der Waals surface area contributed by atoms with Crippen LogP contribution in [-0.4, -0.2) is 19.6 Å². The number of imidazole rings is 1. The van der Waals surface area contributed by atoms with Gasteiger partial charge in [-0.1, -0.05) is 11.3 Å². The van der Waals surface area contributed by atoms with Crippen LogP contribution in [0.1, 0.15) is 10.7 Å². The van der Waals surface area contributed by atoms with Crippen molar-refractivity contribution in [2.45, 2.75) is 13.8 Å². The first kappa shape index (κ1) is 8.99. The van der Waals surface area contributed by atoms with Crippen LogP contribution in [0, 0.1) is 13.8 Å². The number of rotatable bonds is 1. The fraction of sp³-hybridized carbons (Fsp3) is 0.222. The van der Waals surface area contributed by atoms with Gasteiger partial charge in [-0.2, -0.15) is 5.10 Å². The maximum atomic E-state index is 4.51. The van der Waals surface area contributed by atoms with Crippen molar-refractivity contribution >= 4 is 27.6 Å². The molecule has 0 aliphatic rings. The second kappa shape index (κ2) is 3.11. The Morgan fingerprint density at radius 2 is 2.13 bits per heavy atom. The van der Waals surface area contributed by atoms with Crippen molar-refractivity contribution in [2.24, 2.45) is 0 Å². The monoisotopic (exact) mass is 236 g/mol. The zero-order chi connectivity index (χ0) is 10.4. The summed E-state index contributed by atoms with van der Waals surface area (Å²) < 4.78 is 1.80. The van der Waals surface area contributed by atoms with Crippen molar-refractivity contribution in [3.8, 4) is 10.6 Å². The summed E-state index contributed by atoms with van der Waals surface area (Å²) in [6.45, 7) is 4.03. The van der Waals surface area contributed by atoms with E-state index < -0.39 is 0 Å². The van der Waals surface area contributed by atoms with Crippen LogP contribution in [0.3, 0.4) is 0 Å². The topological polar surface area (TPSA) is 43.1 Å². The molecule has 0 spiro atoms. The molecule has 0 atom stereocenters. The van der Waals surface area contributed by atoms with Crippen molar-refractivity contribution in [2.75, 3.05) is 0 Å². The van der Waals surface area contributed by atoms with E-state index in [9.17, 15) is 0 Å². The molecule has 3 aromatic heterocycles. The van der Waals surface area contributed by atoms with Crippen molar-refractivity contribution < 1.29 is 0 Å². The molecule has 0 amide bonds. The lowest BCUT2D eigenvalue weighted by atomic mass is 10.3. The van der Waals surface area contributed by atoms with Crippen molar-refractivity contribution in [3.05, 3.63) is 22.4 Å². The van der Waals surface area contributed by atoms with Gasteiger partial charge in [-0.05, 0) is 13.8 Å². The molecule has 0 aliphatic heterocycles. The van der Waals surface area contributed by atoms with Crippen LogP contribution in [0.15, 0.2) is 11.7 Å². The van der Waals surface area contributed by atoms with E-state index in [1.165, 1.54) is 0 Å². The summed E-state index contributed by atoms with van der Waals surface area (Å²) in [5.41, 5.74) is 3.80. The Kier molecular flexibility index (Phi) is 1.86. The molecule has 15 heavy (non-hydrogen) atoms. The Morgan fingerprint density at radius 1 is 1.27 bits per heavy atom. The summed E-state index contributed by atoms with van der Waals surface area (Å²) in [7, 11) is 0. The van der Waals surface area contributed by atoms with E-state index >= 15 is 0 Å². The zero-order valence-electron chi connectivity index (χ0n) is 8.26. The van der Waals surface area contributed by atoms with Gasteiger partial charge in [0.05, 0.1) is 21.8 Å². The fourth-order valence-electron chi connectivity index (χ4n) is 1.52. The van der Waals surface area contributed by atoms with Crippen LogP contribution in [0.2, 0.25) is 0 Å². The summed E-state index contributed by atoms with van der Waals surface area (Å²) in [4.78, 5) is 11.0. The maximum absolute atomic E-state index is 4.51. The minimum atomic E-state index is 0.926. The molecular formula is C9H8N4S2. The van der Waals surface area contributed by atoms with Gasteiger partial charge < -0.3 is 0 Å². The normalized spacial score (nSPS) is 11.3. The Bertz CT molecular complexity index is 590. The molecule has 3 heterocycles. The van der Waals surface area contributed by atoms with Crippen molar-refractivity contribution in [1.29, 1.82) is 0 Å². The molecule has 3 rings (SSSR count). The molecule has 0 aromatic carbocycles. The Hall–Kier alpha value is -1.27. The first-order valence-corrected chi connectivity index (χ1v) is 6.17. The third kappa shape index (κ3) is 1.37. The molecule has 0 saturated carbocycles. The average Bonchev–Trinajstić information content (AvgIpc) is 2.77. The molecular weight excluding hydrogens is 228 g/mol. The average molecular weight is 236 g/mol. The molecule has 3 aromatic rings. The highest BCUT2D eigenvalue weighted by molar-refractivity contribution is 7.15. The molecule has 0 aliphatic carbocycles. The zero-order valence-corrected chi connectivity index (χ0v) is 9.89. The predicted octanol–water partition coefficient (Wildman–Crippen LogP) is 2.53. The second-order valence-corrected chi connectivity index (χ2v) is 5.25. The van der Waals surface area contributed by atoms with Crippen LogP contribution in [0.25, 0.3) is 15.5 Å². The molecule has 0 radical (unpaired) electrons. The van der Waals surface area contributed by atoms with Gasteiger partial charge in [-0.3, -0.25) is 0 Å². The van der Waals surface area contributed by atoms with Gasteiger partial charge in [-0.25, -0.2) is 14.5 Å². The van der Waals surface area contributed by atoms with Gasteiger partial charge in [0.1, 0.15) is 11.2 Å². The smallest absolute Gasteiger partial charge is 0.212 e. The molecule has 0 bridgehead atoms. The number of hydrogen-bond donors (Lipinski definition) is 0. The molecule has 0 N–H and O–H groups in total. The maximum Gasteiger partial charge on any atom is 0.212 e. The number of fused-ring (bicyclic) bond motifs is 1. The summed E-state index contributed by atoms with van der Waals surface area (Å²) in [5, 5.41) is 5.23. The highest BCUT2D eigenvalue weighted by Gasteiger charge is 2.12. The van der Waals surface area contributed by atoms with E-state index in [1.54, 1.807) is 32.7 Å². The third-order valence-electron chi connectivity index (χ3n) is 2.12. The second-order valence-electron chi connectivity index (χ2n) is 3.24. The Balaban J connectivity index is 2.21. The van der Waals surface area contributed by atoms with Crippen LogP contribution in [0.4, 0.5) is 0 Å². The van der Waals surface area contributed by atoms with Gasteiger partial charge in [-0.15, -0.1) is 11.3 Å². The Morgan fingerprint density at radius 3 is 2.80 bits per heavy atom. The number of aromatic nitrogens is 4. The molecule has 0 saturated heterocycles. The number of hydrogen-bond acceptors (Lipinski definition) is 5. The van der Waals surface area contributed by atoms with Gasteiger partial charge in [0.25, 0.3) is 0 Å². The Labute approximate surface area is 94.2 Å². The van der Waals surface area contributed by atoms with E-state index in [1.807, 2.05) is 20.0 Å². The van der Waals surface area contributed by atoms with E-state index in [4.69, 9.17) is 0 Å². The van der Waals surface area contributed by atoms with Gasteiger partial charge in [0.2, 0.25) is 4.96 Å². The van der Waals surface area contributed by atoms with Crippen molar-refractivity contribution in [1.82, 2.24) is 19.6 Å². The quantitative estimate of drug-likeness (QED) is 0.652. The number of nitrogens with zero attached hydrogens (tertiary/aromatic N) is 4. The largest absolute Gasteiger partial charge is 0.246 e. The lowest BCUT2D eigenvalue weighted by molar-refractivity contribution is 0.974. The SMILES string of the molecule is Cc1nc(C)c(-c2cn3ncsc3n2)s1. The molecule has 76 valence electrons. The van der Waals surface area contributed by atoms with Crippen LogP contribution < -0.4 is 0 Å². The highest BCUT2D eigenvalue weighted by Crippen LogP contribution is 2.29. The fourth-order valence-corrected chi connectivity index (χ4v) is 2.99. The van der Waals surface area contributed by atoms with E-state index in [0.717, 1.165) is 26.2 Å². The minimum absolute atomic E-state index is 0.926. The first-order valence-electron chi connectivity index (χ1n) is 4.47. The number of aryl methyl sites for hydroxylation is 2. The summed E-state index contributed by atoms with van der Waals surface area (Å²) in [6.07, 6.45) is 1.95. The van der Waals surface area contributed by atoms with Gasteiger partial charge in [0.15, 0.2) is 0 Å². The van der Waals surface area contributed by atoms with Crippen LogP contribution in [0.5, 0.6) is 0 Å². The summed E-state index contributed by atoms with van der Waals surface area (Å²) in [6, 6.07) is 0. The highest BCUT2D eigenvalue weighted by atomic mass is 32.1. The molecule has 0 fully saturated rings. The van der Waals surface area contributed by atoms with Gasteiger partial charge >= 0.3 is 0 Å². The van der Waals surface area contributed by atoms with Crippen LogP contribution >= 0.6 is 22.7 Å². The summed E-state index contributed by atoms with van der Waals surface area (Å²) in [5.74, 6) is 0. The van der Waals surface area contributed by atoms with E-state index in [2.05, 4.69) is 15.1 Å². The minimum Gasteiger partial charge on any atom is -0.246 e. The molecule has 4 nitrogen and oxygen atoms in total. The lowest BCUT2D eigenvalue weighted by Crippen LogP contribution is -1.78. The molecule has 6 heteroatoms. The van der Waals surface area contributed by atoms with E-state index in [-0.39, 0.29) is 0 Å². The lowest BCUT2D eigenvalue weighted by Gasteiger charge is -1.89. The first-order chi connectivity index (χ1) is 7.24. The van der Waals surface area contributed by atoms with Crippen LogP contribution in [-0.2, 0) is 0 Å². The predicted molar refractivity (Wildman–Crippen MR) is 61.4 cm³/mol. The standard InChI is InChI=1S/C9H8N4S2/c1-5-8(15-6(2)11-5)7-3-13-9(12-7)14-4-10-13/h3-4H,1-2H3.